The van der Waals surface area contributed by atoms with E-state index < -0.39 is 0 Å². The Morgan fingerprint density at radius 2 is 1.92 bits per heavy atom. The number of piperazine rings is 1. The SMILES string of the molecule is CN=C(NCc1nnc(C)n1C)N1CCN(CC(=O)NC2CC2)CC1.I. The molecule has 1 aliphatic carbocycles. The first-order valence-corrected chi connectivity index (χ1v) is 8.89. The Hall–Kier alpha value is -1.43. The van der Waals surface area contributed by atoms with Crippen molar-refractivity contribution in [1.82, 2.24) is 35.2 Å². The van der Waals surface area contributed by atoms with Crippen LogP contribution in [0.1, 0.15) is 24.5 Å². The van der Waals surface area contributed by atoms with E-state index in [2.05, 4.69) is 35.6 Å². The summed E-state index contributed by atoms with van der Waals surface area (Å²) in [7, 11) is 3.75. The van der Waals surface area contributed by atoms with Crippen molar-refractivity contribution in [3.05, 3.63) is 11.6 Å². The van der Waals surface area contributed by atoms with Gasteiger partial charge in [0, 0.05) is 46.3 Å². The molecule has 0 atom stereocenters. The van der Waals surface area contributed by atoms with Crippen molar-refractivity contribution in [3.8, 4) is 0 Å². The van der Waals surface area contributed by atoms with Gasteiger partial charge in [0.05, 0.1) is 13.1 Å². The monoisotopic (exact) mass is 476 g/mol. The summed E-state index contributed by atoms with van der Waals surface area (Å²) in [5, 5.41) is 14.6. The van der Waals surface area contributed by atoms with Crippen LogP contribution in [0, 0.1) is 6.92 Å². The third-order valence-corrected chi connectivity index (χ3v) is 4.78. The van der Waals surface area contributed by atoms with Crippen molar-refractivity contribution in [1.29, 1.82) is 0 Å². The van der Waals surface area contributed by atoms with Crippen LogP contribution in [0.3, 0.4) is 0 Å². The molecule has 1 saturated heterocycles. The lowest BCUT2D eigenvalue weighted by Crippen LogP contribution is -2.54. The molecule has 10 heteroatoms. The number of hydrogen-bond donors (Lipinski definition) is 2. The molecule has 3 rings (SSSR count). The zero-order valence-electron chi connectivity index (χ0n) is 15.7. The zero-order valence-corrected chi connectivity index (χ0v) is 18.1. The Kier molecular flexibility index (Phi) is 7.62. The van der Waals surface area contributed by atoms with Crippen LogP contribution in [0.25, 0.3) is 0 Å². The molecule has 1 amide bonds. The number of halogens is 1. The third kappa shape index (κ3) is 5.53. The number of nitrogens with zero attached hydrogens (tertiary/aromatic N) is 6. The van der Waals surface area contributed by atoms with Gasteiger partial charge in [0.2, 0.25) is 5.91 Å². The van der Waals surface area contributed by atoms with Gasteiger partial charge in [-0.25, -0.2) is 0 Å². The van der Waals surface area contributed by atoms with Gasteiger partial charge >= 0.3 is 0 Å². The molecule has 0 aromatic carbocycles. The molecule has 0 unspecified atom stereocenters. The predicted octanol–water partition coefficient (Wildman–Crippen LogP) is -0.287. The number of aryl methyl sites for hydroxylation is 1. The number of carbonyl (C=O) groups excluding carboxylic acids is 1. The number of aliphatic imine (C=N–C) groups is 1. The van der Waals surface area contributed by atoms with Crippen molar-refractivity contribution >= 4 is 35.8 Å². The molecule has 2 N–H and O–H groups in total. The molecule has 1 saturated carbocycles. The molecule has 0 bridgehead atoms. The van der Waals surface area contributed by atoms with E-state index in [1.165, 1.54) is 0 Å². The standard InChI is InChI=1S/C16H28N8O.HI/c1-12-20-21-14(22(12)3)10-18-16(17-2)24-8-6-23(7-9-24)11-15(25)19-13-4-5-13;/h13H,4-11H2,1-3H3,(H,17,18)(H,19,25);1H. The fraction of sp³-hybridized carbons (Fsp3) is 0.750. The van der Waals surface area contributed by atoms with Gasteiger partial charge < -0.3 is 20.1 Å². The van der Waals surface area contributed by atoms with E-state index in [0.717, 1.165) is 56.6 Å². The lowest BCUT2D eigenvalue weighted by molar-refractivity contribution is -0.122. The largest absolute Gasteiger partial charge is 0.352 e. The molecular weight excluding hydrogens is 447 g/mol. The van der Waals surface area contributed by atoms with E-state index in [1.807, 2.05) is 18.5 Å². The molecule has 0 spiro atoms. The number of hydrogen-bond acceptors (Lipinski definition) is 5. The summed E-state index contributed by atoms with van der Waals surface area (Å²) in [5.74, 6) is 2.79. The minimum absolute atomic E-state index is 0. The minimum Gasteiger partial charge on any atom is -0.352 e. The number of nitrogens with one attached hydrogen (secondary N) is 2. The lowest BCUT2D eigenvalue weighted by Gasteiger charge is -2.36. The van der Waals surface area contributed by atoms with Gasteiger partial charge in [-0.15, -0.1) is 34.2 Å². The van der Waals surface area contributed by atoms with E-state index in [1.54, 1.807) is 7.05 Å². The van der Waals surface area contributed by atoms with Crippen LogP contribution in [0.5, 0.6) is 0 Å². The maximum atomic E-state index is 11.9. The van der Waals surface area contributed by atoms with Crippen LogP contribution in [0.2, 0.25) is 0 Å². The molecule has 9 nitrogen and oxygen atoms in total. The highest BCUT2D eigenvalue weighted by Gasteiger charge is 2.26. The van der Waals surface area contributed by atoms with Crippen LogP contribution in [0.4, 0.5) is 0 Å². The van der Waals surface area contributed by atoms with Crippen molar-refractivity contribution in [2.45, 2.75) is 32.4 Å². The zero-order chi connectivity index (χ0) is 17.8. The third-order valence-electron chi connectivity index (χ3n) is 4.78. The Bertz CT molecular complexity index is 634. The molecule has 1 aromatic rings. The topological polar surface area (TPSA) is 90.7 Å². The predicted molar refractivity (Wildman–Crippen MR) is 111 cm³/mol. The minimum atomic E-state index is 0. The van der Waals surface area contributed by atoms with E-state index in [0.29, 0.717) is 19.1 Å². The highest BCUT2D eigenvalue weighted by atomic mass is 127. The van der Waals surface area contributed by atoms with Crippen molar-refractivity contribution in [2.24, 2.45) is 12.0 Å². The Morgan fingerprint density at radius 3 is 2.46 bits per heavy atom. The number of rotatable bonds is 5. The van der Waals surface area contributed by atoms with Gasteiger partial charge in [0.15, 0.2) is 11.8 Å². The summed E-state index contributed by atoms with van der Waals surface area (Å²) >= 11 is 0. The molecule has 0 radical (unpaired) electrons. The van der Waals surface area contributed by atoms with Crippen molar-refractivity contribution in [2.75, 3.05) is 39.8 Å². The van der Waals surface area contributed by atoms with Gasteiger partial charge in [-0.05, 0) is 19.8 Å². The summed E-state index contributed by atoms with van der Waals surface area (Å²) < 4.78 is 1.97. The first-order valence-electron chi connectivity index (χ1n) is 8.89. The second-order valence-corrected chi connectivity index (χ2v) is 6.73. The summed E-state index contributed by atoms with van der Waals surface area (Å²) in [5.41, 5.74) is 0. The Labute approximate surface area is 171 Å². The molecular formula is C16H29IN8O. The van der Waals surface area contributed by atoms with Gasteiger partial charge in [-0.2, -0.15) is 0 Å². The average molecular weight is 476 g/mol. The van der Waals surface area contributed by atoms with Gasteiger partial charge in [0.1, 0.15) is 5.82 Å². The number of guanidine groups is 1. The molecule has 146 valence electrons. The van der Waals surface area contributed by atoms with Crippen molar-refractivity contribution < 1.29 is 4.79 Å². The van der Waals surface area contributed by atoms with Crippen LogP contribution < -0.4 is 10.6 Å². The van der Waals surface area contributed by atoms with E-state index in [4.69, 9.17) is 0 Å². The van der Waals surface area contributed by atoms with Crippen LogP contribution in [-0.4, -0.2) is 82.2 Å². The first kappa shape index (κ1) is 20.9. The van der Waals surface area contributed by atoms with Crippen LogP contribution >= 0.6 is 24.0 Å². The number of carbonyl (C=O) groups is 1. The van der Waals surface area contributed by atoms with Gasteiger partial charge in [-0.1, -0.05) is 0 Å². The van der Waals surface area contributed by atoms with Crippen LogP contribution in [0.15, 0.2) is 4.99 Å². The average Bonchev–Trinajstić information content (AvgIpc) is 3.36. The fourth-order valence-corrected chi connectivity index (χ4v) is 2.92. The summed E-state index contributed by atoms with van der Waals surface area (Å²) in [6.45, 7) is 6.46. The smallest absolute Gasteiger partial charge is 0.234 e. The second-order valence-electron chi connectivity index (χ2n) is 6.73. The highest BCUT2D eigenvalue weighted by Crippen LogP contribution is 2.18. The normalized spacial score (nSPS) is 18.4. The maximum Gasteiger partial charge on any atom is 0.234 e. The van der Waals surface area contributed by atoms with Gasteiger partial charge in [0.25, 0.3) is 0 Å². The molecule has 2 aliphatic rings. The van der Waals surface area contributed by atoms with Crippen molar-refractivity contribution in [3.63, 3.8) is 0 Å². The number of aromatic nitrogens is 3. The summed E-state index contributed by atoms with van der Waals surface area (Å²) in [6.07, 6.45) is 2.26. The van der Waals surface area contributed by atoms with E-state index in [-0.39, 0.29) is 29.9 Å². The molecule has 2 heterocycles. The molecule has 1 aliphatic heterocycles. The lowest BCUT2D eigenvalue weighted by atomic mass is 10.3. The maximum absolute atomic E-state index is 11.9. The van der Waals surface area contributed by atoms with Gasteiger partial charge in [-0.3, -0.25) is 14.7 Å². The fourth-order valence-electron chi connectivity index (χ4n) is 2.92. The van der Waals surface area contributed by atoms with E-state index >= 15 is 0 Å². The molecule has 1 aromatic heterocycles. The number of amides is 1. The first-order chi connectivity index (χ1) is 12.1. The molecule has 26 heavy (non-hydrogen) atoms. The highest BCUT2D eigenvalue weighted by molar-refractivity contribution is 14.0. The summed E-state index contributed by atoms with van der Waals surface area (Å²) in [6, 6.07) is 0.432. The Balaban J connectivity index is 0.00000243. The Morgan fingerprint density at radius 1 is 1.23 bits per heavy atom. The summed E-state index contributed by atoms with van der Waals surface area (Å²) in [4.78, 5) is 20.7. The second kappa shape index (κ2) is 9.49. The quantitative estimate of drug-likeness (QED) is 0.345. The van der Waals surface area contributed by atoms with E-state index in [9.17, 15) is 4.79 Å². The molecule has 2 fully saturated rings. The van der Waals surface area contributed by atoms with Crippen LogP contribution in [-0.2, 0) is 18.4 Å².